The normalized spacial score (nSPS) is 12.3. The highest BCUT2D eigenvalue weighted by molar-refractivity contribution is 5.96. The molecule has 0 heterocycles. The molecule has 1 aromatic carbocycles. The summed E-state index contributed by atoms with van der Waals surface area (Å²) in [7, 11) is 0. The number of Topliss-reactive ketones (excluding diaryl/α,β-unsaturated/α-hetero) is 1. The monoisotopic (exact) mass is 296 g/mol. The van der Waals surface area contributed by atoms with Crippen LogP contribution in [-0.2, 0) is 12.4 Å². The summed E-state index contributed by atoms with van der Waals surface area (Å²) in [6, 6.07) is 0.853. The maximum absolute atomic E-state index is 12.6. The fourth-order valence-electron chi connectivity index (χ4n) is 1.49. The molecule has 1 nitrogen and oxygen atoms in total. The van der Waals surface area contributed by atoms with E-state index in [0.717, 1.165) is 0 Å². The van der Waals surface area contributed by atoms with Crippen LogP contribution < -0.4 is 0 Å². The number of benzene rings is 1. The van der Waals surface area contributed by atoms with E-state index in [2.05, 4.69) is 6.58 Å². The SMILES string of the molecule is C=CCCC(=O)c1cc(C(F)(F)F)cc(C(F)(F)F)c1. The molecule has 0 saturated heterocycles. The van der Waals surface area contributed by atoms with Crippen LogP contribution in [-0.4, -0.2) is 5.78 Å². The summed E-state index contributed by atoms with van der Waals surface area (Å²) < 4.78 is 75.3. The second-order valence-corrected chi connectivity index (χ2v) is 4.05. The van der Waals surface area contributed by atoms with Crippen LogP contribution in [0.2, 0.25) is 0 Å². The van der Waals surface area contributed by atoms with Crippen molar-refractivity contribution >= 4 is 5.78 Å². The van der Waals surface area contributed by atoms with Crippen LogP contribution in [0, 0.1) is 0 Å². The fourth-order valence-corrected chi connectivity index (χ4v) is 1.49. The number of ketones is 1. The molecule has 0 atom stereocenters. The number of alkyl halides is 6. The van der Waals surface area contributed by atoms with Gasteiger partial charge in [0.05, 0.1) is 11.1 Å². The van der Waals surface area contributed by atoms with E-state index in [-0.39, 0.29) is 18.9 Å². The van der Waals surface area contributed by atoms with E-state index in [1.165, 1.54) is 6.08 Å². The lowest BCUT2D eigenvalue weighted by Gasteiger charge is -2.13. The van der Waals surface area contributed by atoms with Crippen LogP contribution in [0.3, 0.4) is 0 Å². The molecule has 20 heavy (non-hydrogen) atoms. The zero-order chi connectivity index (χ0) is 15.6. The summed E-state index contributed by atoms with van der Waals surface area (Å²) >= 11 is 0. The molecule has 0 spiro atoms. The molecule has 0 saturated carbocycles. The van der Waals surface area contributed by atoms with Crippen molar-refractivity contribution in [2.75, 3.05) is 0 Å². The van der Waals surface area contributed by atoms with Gasteiger partial charge in [0.2, 0.25) is 0 Å². The average Bonchev–Trinajstić information content (AvgIpc) is 2.33. The molecule has 0 unspecified atom stereocenters. The first-order chi connectivity index (χ1) is 9.05. The van der Waals surface area contributed by atoms with Gasteiger partial charge in [0.25, 0.3) is 0 Å². The van der Waals surface area contributed by atoms with Crippen molar-refractivity contribution in [3.63, 3.8) is 0 Å². The number of carbonyl (C=O) groups is 1. The Labute approximate surface area is 110 Å². The molecule has 0 aliphatic carbocycles. The van der Waals surface area contributed by atoms with E-state index in [1.54, 1.807) is 0 Å². The maximum Gasteiger partial charge on any atom is 0.416 e. The third kappa shape index (κ3) is 4.11. The van der Waals surface area contributed by atoms with E-state index in [9.17, 15) is 31.1 Å². The van der Waals surface area contributed by atoms with Gasteiger partial charge in [-0.15, -0.1) is 6.58 Å². The Balaban J connectivity index is 3.31. The molecule has 1 aromatic rings. The first kappa shape index (κ1) is 16.3. The lowest BCUT2D eigenvalue weighted by Crippen LogP contribution is -2.13. The van der Waals surface area contributed by atoms with Crippen molar-refractivity contribution in [2.45, 2.75) is 25.2 Å². The highest BCUT2D eigenvalue weighted by Crippen LogP contribution is 2.36. The second-order valence-electron chi connectivity index (χ2n) is 4.05. The van der Waals surface area contributed by atoms with Crippen molar-refractivity contribution in [3.05, 3.63) is 47.5 Å². The lowest BCUT2D eigenvalue weighted by molar-refractivity contribution is -0.143. The van der Waals surface area contributed by atoms with Gasteiger partial charge in [-0.2, -0.15) is 26.3 Å². The van der Waals surface area contributed by atoms with Gasteiger partial charge in [-0.25, -0.2) is 0 Å². The molecule has 0 aliphatic rings. The summed E-state index contributed by atoms with van der Waals surface area (Å²) in [6.07, 6.45) is -8.56. The van der Waals surface area contributed by atoms with Crippen LogP contribution >= 0.6 is 0 Å². The van der Waals surface area contributed by atoms with Crippen molar-refractivity contribution < 1.29 is 31.1 Å². The summed E-state index contributed by atoms with van der Waals surface area (Å²) in [5.41, 5.74) is -3.59. The minimum absolute atomic E-state index is 0.00964. The van der Waals surface area contributed by atoms with Crippen LogP contribution in [0.1, 0.15) is 34.3 Å². The second kappa shape index (κ2) is 5.68. The highest BCUT2D eigenvalue weighted by Gasteiger charge is 2.37. The quantitative estimate of drug-likeness (QED) is 0.440. The van der Waals surface area contributed by atoms with Crippen LogP contribution in [0.15, 0.2) is 30.9 Å². The van der Waals surface area contributed by atoms with Crippen molar-refractivity contribution in [3.8, 4) is 0 Å². The molecule has 0 N–H and O–H groups in total. The molecule has 1 rings (SSSR count). The zero-order valence-electron chi connectivity index (χ0n) is 10.1. The molecular formula is C13H10F6O. The van der Waals surface area contributed by atoms with Crippen LogP contribution in [0.5, 0.6) is 0 Å². The van der Waals surface area contributed by atoms with E-state index in [0.29, 0.717) is 12.1 Å². The zero-order valence-corrected chi connectivity index (χ0v) is 10.1. The van der Waals surface area contributed by atoms with Gasteiger partial charge in [0, 0.05) is 12.0 Å². The molecule has 110 valence electrons. The van der Waals surface area contributed by atoms with Gasteiger partial charge in [-0.05, 0) is 24.6 Å². The van der Waals surface area contributed by atoms with Crippen LogP contribution in [0.25, 0.3) is 0 Å². The molecule has 7 heteroatoms. The summed E-state index contributed by atoms with van der Waals surface area (Å²) in [5.74, 6) is -0.790. The molecule has 0 amide bonds. The number of rotatable bonds is 4. The molecule has 0 aromatic heterocycles. The van der Waals surface area contributed by atoms with Gasteiger partial charge in [0.15, 0.2) is 5.78 Å². The Kier molecular flexibility index (Phi) is 4.62. The Bertz CT molecular complexity index is 480. The van der Waals surface area contributed by atoms with Crippen molar-refractivity contribution in [1.29, 1.82) is 0 Å². The third-order valence-corrected chi connectivity index (χ3v) is 2.49. The summed E-state index contributed by atoms with van der Waals surface area (Å²) in [5, 5.41) is 0. The van der Waals surface area contributed by atoms with E-state index < -0.39 is 34.8 Å². The van der Waals surface area contributed by atoms with Crippen molar-refractivity contribution in [1.82, 2.24) is 0 Å². The van der Waals surface area contributed by atoms with E-state index in [1.807, 2.05) is 0 Å². The van der Waals surface area contributed by atoms with Crippen LogP contribution in [0.4, 0.5) is 26.3 Å². The fraction of sp³-hybridized carbons (Fsp3) is 0.308. The molecule has 0 aliphatic heterocycles. The Morgan fingerprint density at radius 3 is 1.80 bits per heavy atom. The average molecular weight is 296 g/mol. The molecule has 0 fully saturated rings. The summed E-state index contributed by atoms with van der Waals surface area (Å²) in [6.45, 7) is 3.33. The lowest BCUT2D eigenvalue weighted by atomic mass is 10.00. The molecule has 0 bridgehead atoms. The first-order valence-corrected chi connectivity index (χ1v) is 5.49. The largest absolute Gasteiger partial charge is 0.416 e. The Morgan fingerprint density at radius 2 is 1.45 bits per heavy atom. The van der Waals surface area contributed by atoms with Crippen molar-refractivity contribution in [2.24, 2.45) is 0 Å². The maximum atomic E-state index is 12.6. The number of allylic oxidation sites excluding steroid dienone is 1. The first-order valence-electron chi connectivity index (χ1n) is 5.49. The van der Waals surface area contributed by atoms with Gasteiger partial charge >= 0.3 is 12.4 Å². The minimum atomic E-state index is -4.95. The molecular weight excluding hydrogens is 286 g/mol. The van der Waals surface area contributed by atoms with Gasteiger partial charge in [-0.3, -0.25) is 4.79 Å². The van der Waals surface area contributed by atoms with Gasteiger partial charge in [0.1, 0.15) is 0 Å². The number of hydrogen-bond acceptors (Lipinski definition) is 1. The van der Waals surface area contributed by atoms with E-state index in [4.69, 9.17) is 0 Å². The molecule has 0 radical (unpaired) electrons. The van der Waals surface area contributed by atoms with Gasteiger partial charge in [-0.1, -0.05) is 6.08 Å². The predicted molar refractivity (Wildman–Crippen MR) is 60.2 cm³/mol. The smallest absolute Gasteiger partial charge is 0.294 e. The Hall–Kier alpha value is -1.79. The predicted octanol–water partition coefficient (Wildman–Crippen LogP) is 4.87. The number of hydrogen-bond donors (Lipinski definition) is 0. The highest BCUT2D eigenvalue weighted by atomic mass is 19.4. The van der Waals surface area contributed by atoms with Gasteiger partial charge < -0.3 is 0 Å². The number of carbonyl (C=O) groups excluding carboxylic acids is 1. The third-order valence-electron chi connectivity index (χ3n) is 2.49. The summed E-state index contributed by atoms with van der Waals surface area (Å²) in [4.78, 5) is 11.6. The minimum Gasteiger partial charge on any atom is -0.294 e. The standard InChI is InChI=1S/C13H10F6O/c1-2-3-4-11(20)8-5-9(12(14,15)16)7-10(6-8)13(17,18)19/h2,5-7H,1,3-4H2. The topological polar surface area (TPSA) is 17.1 Å². The van der Waals surface area contributed by atoms with E-state index >= 15 is 0 Å². The Morgan fingerprint density at radius 1 is 1.00 bits per heavy atom. The number of halogens is 6.